The number of hydrogen-bond acceptors (Lipinski definition) is 0. The first-order chi connectivity index (χ1) is 3.81. The summed E-state index contributed by atoms with van der Waals surface area (Å²) in [5, 5.41) is 0. The van der Waals surface area contributed by atoms with E-state index >= 15 is 0 Å². The molecule has 0 aliphatic heterocycles. The van der Waals surface area contributed by atoms with Gasteiger partial charge in [-0.25, -0.2) is 0 Å². The fourth-order valence-corrected chi connectivity index (χ4v) is 0.422. The molecule has 0 N–H and O–H groups in total. The Kier molecular flexibility index (Phi) is 4.33. The van der Waals surface area contributed by atoms with Crippen molar-refractivity contribution in [1.29, 1.82) is 0 Å². The lowest BCUT2D eigenvalue weighted by Gasteiger charge is -1.88. The molecule has 8 heavy (non-hydrogen) atoms. The zero-order valence-corrected chi connectivity index (χ0v) is 5.94. The Morgan fingerprint density at radius 3 is 2.38 bits per heavy atom. The second kappa shape index (κ2) is 4.63. The predicted molar refractivity (Wildman–Crippen MR) is 38.9 cm³/mol. The molecule has 0 heteroatoms. The summed E-state index contributed by atoms with van der Waals surface area (Å²) in [7, 11) is 0. The van der Waals surface area contributed by atoms with Crippen LogP contribution in [0.1, 0.15) is 27.2 Å². The summed E-state index contributed by atoms with van der Waals surface area (Å²) in [5.41, 5.74) is 1.43. The van der Waals surface area contributed by atoms with Crippen LogP contribution in [-0.2, 0) is 0 Å². The van der Waals surface area contributed by atoms with Gasteiger partial charge in [-0.3, -0.25) is 0 Å². The molecule has 0 atom stereocenters. The van der Waals surface area contributed by atoms with Crippen LogP contribution in [0.4, 0.5) is 0 Å². The molecule has 0 aromatic rings. The van der Waals surface area contributed by atoms with E-state index in [-0.39, 0.29) is 0 Å². The Balaban J connectivity index is 3.40. The lowest BCUT2D eigenvalue weighted by atomic mass is 10.2. The summed E-state index contributed by atoms with van der Waals surface area (Å²) in [6.07, 6.45) is 7.48. The summed E-state index contributed by atoms with van der Waals surface area (Å²) in [5.74, 6) is 0. The van der Waals surface area contributed by atoms with Gasteiger partial charge in [-0.05, 0) is 27.2 Å². The highest BCUT2D eigenvalue weighted by Gasteiger charge is 1.77. The molecule has 46 valence electrons. The van der Waals surface area contributed by atoms with E-state index in [0.717, 1.165) is 6.42 Å². The van der Waals surface area contributed by atoms with Crippen LogP contribution in [0.5, 0.6) is 0 Å². The zero-order valence-electron chi connectivity index (χ0n) is 5.94. The minimum atomic E-state index is 1.10. The van der Waals surface area contributed by atoms with Crippen LogP contribution in [0, 0.1) is 0 Å². The third kappa shape index (κ3) is 3.66. The van der Waals surface area contributed by atoms with E-state index < -0.39 is 0 Å². The van der Waals surface area contributed by atoms with Crippen molar-refractivity contribution < 1.29 is 0 Å². The molecule has 0 aromatic carbocycles. The maximum atomic E-state index is 2.16. The molecular formula is C8H14. The van der Waals surface area contributed by atoms with E-state index in [9.17, 15) is 0 Å². The lowest BCUT2D eigenvalue weighted by molar-refractivity contribution is 1.19. The van der Waals surface area contributed by atoms with Crippen molar-refractivity contribution in [2.24, 2.45) is 0 Å². The van der Waals surface area contributed by atoms with Crippen LogP contribution in [0.25, 0.3) is 0 Å². The van der Waals surface area contributed by atoms with Gasteiger partial charge in [-0.1, -0.05) is 23.8 Å². The van der Waals surface area contributed by atoms with Gasteiger partial charge in [-0.15, -0.1) is 0 Å². The Hall–Kier alpha value is -0.520. The zero-order chi connectivity index (χ0) is 6.41. The van der Waals surface area contributed by atoms with Gasteiger partial charge >= 0.3 is 0 Å². The topological polar surface area (TPSA) is 0 Å². The van der Waals surface area contributed by atoms with Crippen molar-refractivity contribution in [1.82, 2.24) is 0 Å². The Morgan fingerprint density at radius 1 is 1.38 bits per heavy atom. The first kappa shape index (κ1) is 7.48. The minimum Gasteiger partial charge on any atom is -0.0913 e. The van der Waals surface area contributed by atoms with Gasteiger partial charge in [0, 0.05) is 0 Å². The summed E-state index contributed by atoms with van der Waals surface area (Å²) in [4.78, 5) is 0. The van der Waals surface area contributed by atoms with Gasteiger partial charge in [0.2, 0.25) is 0 Å². The molecule has 0 rings (SSSR count). The molecule has 0 bridgehead atoms. The minimum absolute atomic E-state index is 1.10. The van der Waals surface area contributed by atoms with Crippen LogP contribution in [-0.4, -0.2) is 0 Å². The molecule has 0 aliphatic carbocycles. The lowest BCUT2D eigenvalue weighted by Crippen LogP contribution is -1.67. The van der Waals surface area contributed by atoms with Crippen molar-refractivity contribution in [2.45, 2.75) is 27.2 Å². The molecule has 0 amide bonds. The molecule has 0 nitrogen and oxygen atoms in total. The van der Waals surface area contributed by atoms with Crippen LogP contribution >= 0.6 is 0 Å². The molecule has 0 unspecified atom stereocenters. The molecule has 0 aliphatic rings. The summed E-state index contributed by atoms with van der Waals surface area (Å²) >= 11 is 0. The Morgan fingerprint density at radius 2 is 2.00 bits per heavy atom. The maximum Gasteiger partial charge on any atom is -0.0142 e. The van der Waals surface area contributed by atoms with Gasteiger partial charge < -0.3 is 0 Å². The number of allylic oxidation sites excluding steroid dienone is 4. The van der Waals surface area contributed by atoms with Crippen molar-refractivity contribution in [3.8, 4) is 0 Å². The van der Waals surface area contributed by atoms with Crippen molar-refractivity contribution >= 4 is 0 Å². The molecule has 0 saturated carbocycles. The predicted octanol–water partition coefficient (Wildman–Crippen LogP) is 2.92. The maximum absolute atomic E-state index is 2.16. The molecule has 0 saturated heterocycles. The second-order valence-corrected chi connectivity index (χ2v) is 1.91. The van der Waals surface area contributed by atoms with Crippen LogP contribution < -0.4 is 0 Å². The van der Waals surface area contributed by atoms with Gasteiger partial charge in [0.15, 0.2) is 0 Å². The van der Waals surface area contributed by atoms with Crippen LogP contribution in [0.15, 0.2) is 23.8 Å². The smallest absolute Gasteiger partial charge is 0.0142 e. The number of hydrogen-bond donors (Lipinski definition) is 0. The van der Waals surface area contributed by atoms with Crippen LogP contribution in [0.3, 0.4) is 0 Å². The Labute approximate surface area is 51.9 Å². The fraction of sp³-hybridized carbons (Fsp3) is 0.500. The van der Waals surface area contributed by atoms with Gasteiger partial charge in [0.25, 0.3) is 0 Å². The van der Waals surface area contributed by atoms with Crippen molar-refractivity contribution in [3.05, 3.63) is 23.8 Å². The summed E-state index contributed by atoms with van der Waals surface area (Å²) in [6.45, 7) is 6.25. The molecule has 0 aromatic heterocycles. The monoisotopic (exact) mass is 110 g/mol. The molecule has 0 heterocycles. The summed E-state index contributed by atoms with van der Waals surface area (Å²) in [6, 6.07) is 0. The van der Waals surface area contributed by atoms with Crippen molar-refractivity contribution in [2.75, 3.05) is 0 Å². The van der Waals surface area contributed by atoms with Crippen LogP contribution in [0.2, 0.25) is 0 Å². The van der Waals surface area contributed by atoms with E-state index in [4.69, 9.17) is 0 Å². The first-order valence-electron chi connectivity index (χ1n) is 3.04. The van der Waals surface area contributed by atoms with Gasteiger partial charge in [-0.2, -0.15) is 0 Å². The highest BCUT2D eigenvalue weighted by Crippen LogP contribution is 1.98. The second-order valence-electron chi connectivity index (χ2n) is 1.91. The molecular weight excluding hydrogens is 96.1 g/mol. The third-order valence-electron chi connectivity index (χ3n) is 1.17. The molecule has 0 spiro atoms. The highest BCUT2D eigenvalue weighted by molar-refractivity contribution is 5.01. The van der Waals surface area contributed by atoms with Gasteiger partial charge in [0.1, 0.15) is 0 Å². The fourth-order valence-electron chi connectivity index (χ4n) is 0.422. The largest absolute Gasteiger partial charge is 0.0913 e. The first-order valence-corrected chi connectivity index (χ1v) is 3.04. The quantitative estimate of drug-likeness (QED) is 0.479. The number of rotatable bonds is 2. The van der Waals surface area contributed by atoms with Gasteiger partial charge in [0.05, 0.1) is 0 Å². The molecule has 0 fully saturated rings. The van der Waals surface area contributed by atoms with E-state index in [2.05, 4.69) is 32.1 Å². The van der Waals surface area contributed by atoms with E-state index in [0.29, 0.717) is 0 Å². The average Bonchev–Trinajstić information content (AvgIpc) is 1.83. The highest BCUT2D eigenvalue weighted by atomic mass is 13.8. The SMILES string of the molecule is CC=CC/C(C)=C/C. The Bertz CT molecular complexity index is 96.6. The molecule has 0 radical (unpaired) electrons. The average molecular weight is 110 g/mol. The standard InChI is InChI=1S/C8H14/c1-4-6-7-8(3)5-2/h4-6H,7H2,1-3H3/b6-4?,8-5+. The van der Waals surface area contributed by atoms with E-state index in [1.807, 2.05) is 6.92 Å². The normalized spacial score (nSPS) is 13.1. The third-order valence-corrected chi connectivity index (χ3v) is 1.17. The van der Waals surface area contributed by atoms with Crippen molar-refractivity contribution in [3.63, 3.8) is 0 Å². The van der Waals surface area contributed by atoms with E-state index in [1.165, 1.54) is 5.57 Å². The van der Waals surface area contributed by atoms with E-state index in [1.54, 1.807) is 0 Å². The summed E-state index contributed by atoms with van der Waals surface area (Å²) < 4.78 is 0.